The summed E-state index contributed by atoms with van der Waals surface area (Å²) in [5.41, 5.74) is 9.92. The van der Waals surface area contributed by atoms with Gasteiger partial charge in [-0.1, -0.05) is 109 Å². The SMILES string of the molecule is CC(C)(C)OC(=O)NCCCC[C@H](NC(=O)[C@H](CC(N)=O)NC(=O)[C@H](Cc1ccccc1)NC(=O)OCC1c2ccccc2-c2ccccc21)C(=O)N[C@@H](CCC(=O)O)C(=O)N[C@@H](Cc1ccccc1)C(=O)O. The Kier molecular flexibility index (Phi) is 20.4. The second-order valence-corrected chi connectivity index (χ2v) is 18.5. The lowest BCUT2D eigenvalue weighted by molar-refractivity contribution is -0.143. The molecule has 0 aromatic heterocycles. The Morgan fingerprint density at radius 3 is 1.55 bits per heavy atom. The number of unbranched alkanes of at least 4 members (excludes halogenated alkanes) is 1. The van der Waals surface area contributed by atoms with E-state index < -0.39 is 109 Å². The zero-order valence-corrected chi connectivity index (χ0v) is 40.9. The Morgan fingerprint density at radius 1 is 0.562 bits per heavy atom. The Morgan fingerprint density at radius 2 is 1.03 bits per heavy atom. The summed E-state index contributed by atoms with van der Waals surface area (Å²) >= 11 is 0. The first kappa shape index (κ1) is 55.6. The lowest BCUT2D eigenvalue weighted by Crippen LogP contribution is -2.59. The lowest BCUT2D eigenvalue weighted by Gasteiger charge is -2.27. The molecule has 0 radical (unpaired) electrons. The fourth-order valence-electron chi connectivity index (χ4n) is 8.17. The number of carboxylic acid groups (broad SMARTS) is 2. The Balaban J connectivity index is 1.34. The number of carbonyl (C=O) groups is 9. The minimum absolute atomic E-state index is 0.0700. The van der Waals surface area contributed by atoms with E-state index in [4.69, 9.17) is 15.2 Å². The van der Waals surface area contributed by atoms with E-state index in [9.17, 15) is 53.4 Å². The number of primary amides is 1. The largest absolute Gasteiger partial charge is 0.481 e. The minimum atomic E-state index is -1.72. The lowest BCUT2D eigenvalue weighted by atomic mass is 9.98. The van der Waals surface area contributed by atoms with Gasteiger partial charge in [-0.3, -0.25) is 28.8 Å². The maximum Gasteiger partial charge on any atom is 0.407 e. The number of aliphatic carboxylic acids is 2. The third kappa shape index (κ3) is 17.8. The van der Waals surface area contributed by atoms with Crippen molar-refractivity contribution >= 4 is 53.7 Å². The molecule has 0 bridgehead atoms. The number of fused-ring (bicyclic) bond motifs is 3. The number of ether oxygens (including phenoxy) is 2. The van der Waals surface area contributed by atoms with Crippen LogP contribution in [0.5, 0.6) is 0 Å². The van der Waals surface area contributed by atoms with E-state index in [1.807, 2.05) is 48.5 Å². The number of hydrogen-bond acceptors (Lipinski definition) is 11. The van der Waals surface area contributed by atoms with Gasteiger partial charge in [0.2, 0.25) is 29.5 Å². The van der Waals surface area contributed by atoms with E-state index in [0.717, 1.165) is 22.3 Å². The molecule has 20 heteroatoms. The molecule has 0 heterocycles. The molecule has 0 aliphatic heterocycles. The molecule has 0 unspecified atom stereocenters. The van der Waals surface area contributed by atoms with Crippen molar-refractivity contribution in [2.24, 2.45) is 5.73 Å². The standard InChI is InChI=1S/C53H63N7O13/c1-53(2,3)73-51(70)55-27-15-14-24-39(46(64)57-40(25-26-45(62)63)47(65)59-43(50(68)69)29-33-18-8-5-9-19-33)56-49(67)42(30-44(54)61)58-48(66)41(28-32-16-6-4-7-17-32)60-52(71)72-31-38-36-22-12-10-20-34(36)35-21-11-13-23-37(35)38/h4-13,16-23,38-43H,14-15,24-31H2,1-3H3,(H2,54,61)(H,55,70)(H,56,67)(H,57,64)(H,58,66)(H,59,65)(H,60,71)(H,62,63)(H,68,69)/t39-,40-,41-,42-,43-/m0/s1. The Labute approximate surface area is 422 Å². The Hall–Kier alpha value is -8.29. The molecule has 5 atom stereocenters. The number of benzene rings is 4. The maximum atomic E-state index is 14.2. The minimum Gasteiger partial charge on any atom is -0.481 e. The first-order chi connectivity index (χ1) is 34.8. The highest BCUT2D eigenvalue weighted by Gasteiger charge is 2.35. The molecule has 20 nitrogen and oxygen atoms in total. The van der Waals surface area contributed by atoms with Crippen LogP contribution in [0.1, 0.15) is 87.5 Å². The molecule has 0 spiro atoms. The topological polar surface area (TPSA) is 311 Å². The van der Waals surface area contributed by atoms with E-state index in [2.05, 4.69) is 31.9 Å². The fourth-order valence-corrected chi connectivity index (χ4v) is 8.17. The molecule has 7 amide bonds. The third-order valence-electron chi connectivity index (χ3n) is 11.7. The highest BCUT2D eigenvalue weighted by molar-refractivity contribution is 5.97. The highest BCUT2D eigenvalue weighted by atomic mass is 16.6. The summed E-state index contributed by atoms with van der Waals surface area (Å²) in [5, 5.41) is 34.5. The zero-order valence-electron chi connectivity index (χ0n) is 40.9. The molecule has 0 fully saturated rings. The van der Waals surface area contributed by atoms with Crippen LogP contribution in [-0.4, -0.2) is 113 Å². The fraction of sp³-hybridized carbons (Fsp3) is 0.377. The van der Waals surface area contributed by atoms with Crippen molar-refractivity contribution in [3.05, 3.63) is 131 Å². The van der Waals surface area contributed by atoms with Crippen LogP contribution in [0.25, 0.3) is 11.1 Å². The molecule has 1 aliphatic rings. The van der Waals surface area contributed by atoms with Gasteiger partial charge in [-0.25, -0.2) is 14.4 Å². The maximum absolute atomic E-state index is 14.2. The van der Waals surface area contributed by atoms with Crippen molar-refractivity contribution in [2.45, 2.75) is 114 Å². The van der Waals surface area contributed by atoms with Gasteiger partial charge >= 0.3 is 24.1 Å². The van der Waals surface area contributed by atoms with Gasteiger partial charge in [-0.15, -0.1) is 0 Å². The number of nitrogens with two attached hydrogens (primary N) is 1. The molecule has 0 saturated carbocycles. The molecule has 1 aliphatic carbocycles. The average Bonchev–Trinajstić information content (AvgIpc) is 3.66. The number of alkyl carbamates (subject to hydrolysis) is 2. The number of nitrogens with one attached hydrogen (secondary N) is 6. The van der Waals surface area contributed by atoms with Crippen molar-refractivity contribution in [3.8, 4) is 11.1 Å². The summed E-state index contributed by atoms with van der Waals surface area (Å²) in [7, 11) is 0. The highest BCUT2D eigenvalue weighted by Crippen LogP contribution is 2.44. The molecule has 10 N–H and O–H groups in total. The van der Waals surface area contributed by atoms with Crippen LogP contribution in [-0.2, 0) is 55.9 Å². The summed E-state index contributed by atoms with van der Waals surface area (Å²) in [6.07, 6.45) is -3.51. The molecule has 0 saturated heterocycles. The number of amides is 7. The average molecular weight is 1010 g/mol. The number of hydrogen-bond donors (Lipinski definition) is 9. The van der Waals surface area contributed by atoms with Crippen molar-refractivity contribution in [3.63, 3.8) is 0 Å². The first-order valence-electron chi connectivity index (χ1n) is 23.9. The number of carbonyl (C=O) groups excluding carboxylic acids is 7. The van der Waals surface area contributed by atoms with Crippen LogP contribution in [0.15, 0.2) is 109 Å². The third-order valence-corrected chi connectivity index (χ3v) is 11.7. The van der Waals surface area contributed by atoms with E-state index >= 15 is 0 Å². The van der Waals surface area contributed by atoms with Gasteiger partial charge in [0, 0.05) is 31.7 Å². The molecular formula is C53H63N7O13. The monoisotopic (exact) mass is 1010 g/mol. The second kappa shape index (κ2) is 26.8. The second-order valence-electron chi connectivity index (χ2n) is 18.5. The molecule has 5 rings (SSSR count). The first-order valence-corrected chi connectivity index (χ1v) is 23.9. The summed E-state index contributed by atoms with van der Waals surface area (Å²) in [4.78, 5) is 118. The van der Waals surface area contributed by atoms with Gasteiger partial charge in [-0.05, 0) is 79.8 Å². The zero-order chi connectivity index (χ0) is 53.1. The van der Waals surface area contributed by atoms with Crippen LogP contribution in [0.4, 0.5) is 9.59 Å². The van der Waals surface area contributed by atoms with E-state index in [-0.39, 0.29) is 51.2 Å². The normalized spacial score (nSPS) is 13.7. The van der Waals surface area contributed by atoms with Gasteiger partial charge in [0.15, 0.2) is 0 Å². The van der Waals surface area contributed by atoms with Gasteiger partial charge in [0.25, 0.3) is 0 Å². The number of carboxylic acids is 2. The summed E-state index contributed by atoms with van der Waals surface area (Å²) in [6, 6.07) is 24.8. The van der Waals surface area contributed by atoms with Crippen LogP contribution >= 0.6 is 0 Å². The quantitative estimate of drug-likeness (QED) is 0.0405. The van der Waals surface area contributed by atoms with Gasteiger partial charge < -0.3 is 57.3 Å². The predicted octanol–water partition coefficient (Wildman–Crippen LogP) is 3.84. The summed E-state index contributed by atoms with van der Waals surface area (Å²) in [6.45, 7) is 5.07. The van der Waals surface area contributed by atoms with Gasteiger partial charge in [0.05, 0.1) is 6.42 Å². The molecule has 388 valence electrons. The van der Waals surface area contributed by atoms with Crippen LogP contribution in [0, 0.1) is 0 Å². The van der Waals surface area contributed by atoms with Gasteiger partial charge in [0.1, 0.15) is 42.4 Å². The van der Waals surface area contributed by atoms with Gasteiger partial charge in [-0.2, -0.15) is 0 Å². The van der Waals surface area contributed by atoms with Crippen LogP contribution in [0.3, 0.4) is 0 Å². The predicted molar refractivity (Wildman–Crippen MR) is 266 cm³/mol. The molecule has 4 aromatic carbocycles. The smallest absolute Gasteiger partial charge is 0.407 e. The van der Waals surface area contributed by atoms with Crippen molar-refractivity contribution in [2.75, 3.05) is 13.2 Å². The summed E-state index contributed by atoms with van der Waals surface area (Å²) < 4.78 is 11.0. The van der Waals surface area contributed by atoms with Crippen molar-refractivity contribution in [1.82, 2.24) is 31.9 Å². The van der Waals surface area contributed by atoms with Crippen molar-refractivity contribution < 1.29 is 62.8 Å². The van der Waals surface area contributed by atoms with E-state index in [1.165, 1.54) is 0 Å². The molecule has 4 aromatic rings. The Bertz CT molecular complexity index is 2540. The van der Waals surface area contributed by atoms with Crippen LogP contribution in [0.2, 0.25) is 0 Å². The number of rotatable bonds is 26. The molecular weight excluding hydrogens is 943 g/mol. The molecule has 73 heavy (non-hydrogen) atoms. The summed E-state index contributed by atoms with van der Waals surface area (Å²) in [5.74, 6) is -8.04. The van der Waals surface area contributed by atoms with Crippen LogP contribution < -0.4 is 37.6 Å². The van der Waals surface area contributed by atoms with Crippen molar-refractivity contribution in [1.29, 1.82) is 0 Å². The van der Waals surface area contributed by atoms with E-state index in [1.54, 1.807) is 81.4 Å². The van der Waals surface area contributed by atoms with E-state index in [0.29, 0.717) is 11.1 Å².